The Balaban J connectivity index is 1.41. The fraction of sp³-hybridized carbons (Fsp3) is 0.520. The van der Waals surface area contributed by atoms with Gasteiger partial charge in [-0.1, -0.05) is 31.4 Å². The summed E-state index contributed by atoms with van der Waals surface area (Å²) in [7, 11) is 4.10. The highest BCUT2D eigenvalue weighted by Crippen LogP contribution is 2.30. The van der Waals surface area contributed by atoms with E-state index in [-0.39, 0.29) is 11.9 Å². The number of anilines is 1. The summed E-state index contributed by atoms with van der Waals surface area (Å²) < 4.78 is 7.43. The van der Waals surface area contributed by atoms with E-state index in [1.54, 1.807) is 18.4 Å². The SMILES string of the molecule is CN(C)c1ccc([C@H](c2nnnn2C2CCCCC2)[NH+]2CCN(C(=O)c3ccco3)CC2)cc1. The average molecular weight is 465 g/mol. The first-order valence-electron chi connectivity index (χ1n) is 12.3. The Bertz CT molecular complexity index is 1060. The molecule has 34 heavy (non-hydrogen) atoms. The van der Waals surface area contributed by atoms with Gasteiger partial charge in [0, 0.05) is 25.3 Å². The minimum Gasteiger partial charge on any atom is -0.459 e. The predicted octanol–water partition coefficient (Wildman–Crippen LogP) is 1.97. The second-order valence-electron chi connectivity index (χ2n) is 9.62. The highest BCUT2D eigenvalue weighted by atomic mass is 16.3. The summed E-state index contributed by atoms with van der Waals surface area (Å²) in [5, 5.41) is 13.2. The maximum absolute atomic E-state index is 12.8. The van der Waals surface area contributed by atoms with Crippen LogP contribution in [0.4, 0.5) is 5.69 Å². The molecule has 3 aromatic rings. The molecule has 1 amide bonds. The number of nitrogens with one attached hydrogen (secondary N) is 1. The van der Waals surface area contributed by atoms with E-state index < -0.39 is 0 Å². The van der Waals surface area contributed by atoms with Crippen molar-refractivity contribution in [3.8, 4) is 0 Å². The van der Waals surface area contributed by atoms with E-state index in [4.69, 9.17) is 4.42 Å². The summed E-state index contributed by atoms with van der Waals surface area (Å²) in [6.07, 6.45) is 7.56. The summed E-state index contributed by atoms with van der Waals surface area (Å²) in [5.74, 6) is 1.30. The molecule has 9 nitrogen and oxygen atoms in total. The molecule has 0 spiro atoms. The van der Waals surface area contributed by atoms with Gasteiger partial charge in [-0.15, -0.1) is 5.10 Å². The van der Waals surface area contributed by atoms with E-state index in [9.17, 15) is 4.79 Å². The van der Waals surface area contributed by atoms with Crippen LogP contribution in [0.5, 0.6) is 0 Å². The lowest BCUT2D eigenvalue weighted by atomic mass is 9.95. The Morgan fingerprint density at radius 2 is 1.82 bits per heavy atom. The molecule has 1 atom stereocenters. The van der Waals surface area contributed by atoms with E-state index in [1.165, 1.54) is 35.4 Å². The third kappa shape index (κ3) is 4.57. The molecule has 3 heterocycles. The Kier molecular flexibility index (Phi) is 6.62. The van der Waals surface area contributed by atoms with E-state index in [2.05, 4.69) is 63.5 Å². The number of carbonyl (C=O) groups excluding carboxylic acids is 1. The topological polar surface area (TPSA) is 84.7 Å². The zero-order valence-corrected chi connectivity index (χ0v) is 20.1. The summed E-state index contributed by atoms with van der Waals surface area (Å²) in [6.45, 7) is 2.99. The summed E-state index contributed by atoms with van der Waals surface area (Å²) in [6, 6.07) is 12.6. The molecular weight excluding hydrogens is 430 g/mol. The van der Waals surface area contributed by atoms with Gasteiger partial charge in [-0.25, -0.2) is 4.68 Å². The van der Waals surface area contributed by atoms with E-state index in [0.29, 0.717) is 24.9 Å². The van der Waals surface area contributed by atoms with Crippen molar-refractivity contribution >= 4 is 11.6 Å². The Morgan fingerprint density at radius 3 is 2.47 bits per heavy atom. The smallest absolute Gasteiger partial charge is 0.289 e. The summed E-state index contributed by atoms with van der Waals surface area (Å²) in [4.78, 5) is 18.2. The van der Waals surface area contributed by atoms with Crippen LogP contribution in [-0.4, -0.2) is 71.3 Å². The zero-order valence-electron chi connectivity index (χ0n) is 20.1. The number of amides is 1. The van der Waals surface area contributed by atoms with Gasteiger partial charge in [-0.05, 0) is 47.5 Å². The van der Waals surface area contributed by atoms with Gasteiger partial charge in [0.25, 0.3) is 5.91 Å². The van der Waals surface area contributed by atoms with Crippen molar-refractivity contribution in [3.05, 3.63) is 59.8 Å². The molecule has 9 heteroatoms. The summed E-state index contributed by atoms with van der Waals surface area (Å²) in [5.41, 5.74) is 2.37. The molecule has 0 unspecified atom stereocenters. The van der Waals surface area contributed by atoms with Crippen LogP contribution in [0.1, 0.15) is 66.1 Å². The van der Waals surface area contributed by atoms with Gasteiger partial charge >= 0.3 is 0 Å². The van der Waals surface area contributed by atoms with Crippen molar-refractivity contribution in [1.29, 1.82) is 0 Å². The van der Waals surface area contributed by atoms with Crippen molar-refractivity contribution in [2.24, 2.45) is 0 Å². The standard InChI is InChI=1S/C25H33N7O2/c1-29(2)20-12-10-19(11-13-20)23(24-26-27-28-32(24)21-7-4-3-5-8-21)30-14-16-31(17-15-30)25(33)22-9-6-18-34-22/h6,9-13,18,21,23H,3-5,7-8,14-17H2,1-2H3/p+1/t23-/m1/s1. The minimum atomic E-state index is -0.0389. The lowest BCUT2D eigenvalue weighted by Crippen LogP contribution is -3.15. The molecule has 1 aromatic carbocycles. The van der Waals surface area contributed by atoms with E-state index in [1.807, 2.05) is 4.90 Å². The molecule has 0 radical (unpaired) electrons. The van der Waals surface area contributed by atoms with Gasteiger partial charge in [-0.3, -0.25) is 4.79 Å². The molecule has 1 aliphatic carbocycles. The number of furan rings is 1. The second kappa shape index (κ2) is 9.97. The van der Waals surface area contributed by atoms with Crippen LogP contribution in [0.2, 0.25) is 0 Å². The van der Waals surface area contributed by atoms with Crippen molar-refractivity contribution in [1.82, 2.24) is 25.1 Å². The number of hydrogen-bond acceptors (Lipinski definition) is 6. The lowest BCUT2D eigenvalue weighted by molar-refractivity contribution is -0.930. The van der Waals surface area contributed by atoms with Crippen LogP contribution < -0.4 is 9.80 Å². The molecular formula is C25H34N7O2+. The van der Waals surface area contributed by atoms with E-state index >= 15 is 0 Å². The normalized spacial score (nSPS) is 18.7. The van der Waals surface area contributed by atoms with Crippen LogP contribution in [0.15, 0.2) is 47.1 Å². The number of rotatable bonds is 6. The number of hydrogen-bond donors (Lipinski definition) is 1. The Morgan fingerprint density at radius 1 is 1.09 bits per heavy atom. The van der Waals surface area contributed by atoms with Crippen LogP contribution in [0.3, 0.4) is 0 Å². The van der Waals surface area contributed by atoms with Gasteiger partial charge in [0.1, 0.15) is 0 Å². The molecule has 1 saturated heterocycles. The third-order valence-electron chi connectivity index (χ3n) is 7.27. The first kappa shape index (κ1) is 22.6. The zero-order chi connectivity index (χ0) is 23.5. The molecule has 0 bridgehead atoms. The number of carbonyl (C=O) groups is 1. The first-order valence-corrected chi connectivity index (χ1v) is 12.3. The maximum Gasteiger partial charge on any atom is 0.289 e. The largest absolute Gasteiger partial charge is 0.459 e. The molecule has 180 valence electrons. The molecule has 1 N–H and O–H groups in total. The van der Waals surface area contributed by atoms with Crippen LogP contribution in [0.25, 0.3) is 0 Å². The van der Waals surface area contributed by atoms with Crippen molar-refractivity contribution in [2.45, 2.75) is 44.2 Å². The van der Waals surface area contributed by atoms with Crippen LogP contribution in [0, 0.1) is 0 Å². The third-order valence-corrected chi connectivity index (χ3v) is 7.27. The lowest BCUT2D eigenvalue weighted by Gasteiger charge is -2.36. The molecule has 5 rings (SSSR count). The number of tetrazole rings is 1. The number of aromatic nitrogens is 4. The molecule has 1 aliphatic heterocycles. The van der Waals surface area contributed by atoms with Gasteiger partial charge in [0.05, 0.1) is 38.5 Å². The van der Waals surface area contributed by atoms with Gasteiger partial charge < -0.3 is 19.1 Å². The highest BCUT2D eigenvalue weighted by molar-refractivity contribution is 5.91. The van der Waals surface area contributed by atoms with Crippen molar-refractivity contribution in [2.75, 3.05) is 45.2 Å². The van der Waals surface area contributed by atoms with Crippen LogP contribution >= 0.6 is 0 Å². The van der Waals surface area contributed by atoms with Crippen LogP contribution in [-0.2, 0) is 0 Å². The maximum atomic E-state index is 12.8. The molecule has 2 aliphatic rings. The Hall–Kier alpha value is -3.20. The monoisotopic (exact) mass is 464 g/mol. The van der Waals surface area contributed by atoms with Gasteiger partial charge in [0.15, 0.2) is 11.8 Å². The van der Waals surface area contributed by atoms with Gasteiger partial charge in [0.2, 0.25) is 5.82 Å². The number of piperazine rings is 1. The Labute approximate surface area is 200 Å². The average Bonchev–Trinajstić information content (AvgIpc) is 3.58. The number of quaternary nitrogens is 1. The number of nitrogens with zero attached hydrogens (tertiary/aromatic N) is 6. The fourth-order valence-electron chi connectivity index (χ4n) is 5.35. The minimum absolute atomic E-state index is 0.0222. The predicted molar refractivity (Wildman–Crippen MR) is 128 cm³/mol. The van der Waals surface area contributed by atoms with Crippen molar-refractivity contribution < 1.29 is 14.1 Å². The molecule has 1 saturated carbocycles. The summed E-state index contributed by atoms with van der Waals surface area (Å²) >= 11 is 0. The van der Waals surface area contributed by atoms with E-state index in [0.717, 1.165) is 31.8 Å². The number of benzene rings is 1. The van der Waals surface area contributed by atoms with Crippen molar-refractivity contribution in [3.63, 3.8) is 0 Å². The molecule has 2 aromatic heterocycles. The quantitative estimate of drug-likeness (QED) is 0.601. The van der Waals surface area contributed by atoms with Gasteiger partial charge in [-0.2, -0.15) is 0 Å². The first-order chi connectivity index (χ1) is 16.6. The second-order valence-corrected chi connectivity index (χ2v) is 9.62. The fourth-order valence-corrected chi connectivity index (χ4v) is 5.35. The highest BCUT2D eigenvalue weighted by Gasteiger charge is 2.37. The molecule has 2 fully saturated rings.